The molecule has 2 saturated heterocycles. The van der Waals surface area contributed by atoms with Crippen molar-refractivity contribution in [3.8, 4) is 23.0 Å². The van der Waals surface area contributed by atoms with Gasteiger partial charge in [0.1, 0.15) is 0 Å². The minimum atomic E-state index is -1.13. The summed E-state index contributed by atoms with van der Waals surface area (Å²) in [4.78, 5) is 48.9. The van der Waals surface area contributed by atoms with Crippen LogP contribution in [0.4, 0.5) is 11.4 Å². The first-order chi connectivity index (χ1) is 23.3. The fourth-order valence-corrected chi connectivity index (χ4v) is 8.09. The van der Waals surface area contributed by atoms with Gasteiger partial charge in [-0.05, 0) is 80.8 Å². The molecule has 12 nitrogen and oxygen atoms in total. The Labute approximate surface area is 279 Å². The van der Waals surface area contributed by atoms with E-state index in [2.05, 4.69) is 4.99 Å². The Hall–Kier alpha value is -4.32. The number of amides is 3. The zero-order chi connectivity index (χ0) is 33.2. The Bertz CT molecular complexity index is 1680. The Morgan fingerprint density at radius 2 is 1.42 bits per heavy atom. The van der Waals surface area contributed by atoms with Crippen molar-refractivity contribution >= 4 is 35.8 Å². The van der Waals surface area contributed by atoms with Crippen LogP contribution in [0, 0.1) is 10.8 Å². The number of methoxy groups -OCH3 is 2. The fraction of sp³-hybridized carbons (Fsp3) is 0.556. The van der Waals surface area contributed by atoms with E-state index in [9.17, 15) is 19.5 Å². The molecule has 4 fully saturated rings. The summed E-state index contributed by atoms with van der Waals surface area (Å²) >= 11 is 0. The minimum absolute atomic E-state index is 0.000658. The van der Waals surface area contributed by atoms with Crippen LogP contribution >= 0.6 is 0 Å². The summed E-state index contributed by atoms with van der Waals surface area (Å²) in [6.45, 7) is 2.21. The number of anilines is 1. The number of unbranched alkanes of at least 4 members (excludes halogenated alkanes) is 2. The number of aliphatic hydroxyl groups is 1. The van der Waals surface area contributed by atoms with Gasteiger partial charge in [0.25, 0.3) is 11.8 Å². The number of carbonyl (C=O) groups is 3. The molecular weight excluding hydrogens is 616 g/mol. The third-order valence-electron chi connectivity index (χ3n) is 11.3. The molecule has 2 spiro atoms. The highest BCUT2D eigenvalue weighted by Crippen LogP contribution is 2.57. The maximum atomic E-state index is 13.6. The molecule has 3 amide bonds. The molecule has 48 heavy (non-hydrogen) atoms. The van der Waals surface area contributed by atoms with Crippen molar-refractivity contribution in [3.05, 3.63) is 35.4 Å². The SMILES string of the molecule is COc1cc2c(cc1OCCCCCOc1cc3c(cc1OC)C(=O)N1CC4(CC4)C[C@H]1C(O)N3C=O)N=C[C@@H]1CC3(CC3)CN1C2=O. The summed E-state index contributed by atoms with van der Waals surface area (Å²) in [5.74, 6) is 1.66. The summed E-state index contributed by atoms with van der Waals surface area (Å²) in [7, 11) is 3.09. The maximum Gasteiger partial charge on any atom is 0.256 e. The van der Waals surface area contributed by atoms with E-state index in [1.54, 1.807) is 36.3 Å². The summed E-state index contributed by atoms with van der Waals surface area (Å²) in [5.41, 5.74) is 2.16. The van der Waals surface area contributed by atoms with E-state index >= 15 is 0 Å². The van der Waals surface area contributed by atoms with Gasteiger partial charge in [-0.25, -0.2) is 0 Å². The molecule has 0 radical (unpaired) electrons. The van der Waals surface area contributed by atoms with Gasteiger partial charge in [0.15, 0.2) is 29.2 Å². The first kappa shape index (κ1) is 31.0. The summed E-state index contributed by atoms with van der Waals surface area (Å²) in [6, 6.07) is 6.38. The first-order valence-electron chi connectivity index (χ1n) is 17.1. The number of hydrogen-bond donors (Lipinski definition) is 1. The van der Waals surface area contributed by atoms with Crippen molar-refractivity contribution < 1.29 is 38.4 Å². The van der Waals surface area contributed by atoms with Crippen molar-refractivity contribution in [3.63, 3.8) is 0 Å². The number of aliphatic hydroxyl groups excluding tert-OH is 1. The summed E-state index contributed by atoms with van der Waals surface area (Å²) < 4.78 is 23.4. The van der Waals surface area contributed by atoms with E-state index in [-0.39, 0.29) is 23.3 Å². The molecule has 3 atom stereocenters. The Kier molecular flexibility index (Phi) is 7.54. The normalized spacial score (nSPS) is 25.2. The minimum Gasteiger partial charge on any atom is -0.493 e. The lowest BCUT2D eigenvalue weighted by atomic mass is 10.0. The monoisotopic (exact) mass is 658 g/mol. The van der Waals surface area contributed by atoms with Gasteiger partial charge in [-0.1, -0.05) is 0 Å². The molecule has 8 rings (SSSR count). The first-order valence-corrected chi connectivity index (χ1v) is 17.1. The van der Waals surface area contributed by atoms with Crippen LogP contribution in [-0.4, -0.2) is 98.2 Å². The molecule has 2 aliphatic carbocycles. The van der Waals surface area contributed by atoms with Gasteiger partial charge >= 0.3 is 0 Å². The number of aliphatic imine (C=N–C) groups is 1. The molecule has 0 aromatic heterocycles. The van der Waals surface area contributed by atoms with Gasteiger partial charge in [0, 0.05) is 31.4 Å². The Morgan fingerprint density at radius 1 is 0.812 bits per heavy atom. The number of carbonyl (C=O) groups excluding carboxylic acids is 3. The highest BCUT2D eigenvalue weighted by atomic mass is 16.5. The predicted molar refractivity (Wildman–Crippen MR) is 176 cm³/mol. The summed E-state index contributed by atoms with van der Waals surface area (Å²) in [6.07, 6.45) is 9.77. The zero-order valence-electron chi connectivity index (χ0n) is 27.5. The molecule has 4 heterocycles. The van der Waals surface area contributed by atoms with Crippen molar-refractivity contribution in [1.82, 2.24) is 9.80 Å². The van der Waals surface area contributed by atoms with E-state index in [4.69, 9.17) is 18.9 Å². The highest BCUT2D eigenvalue weighted by Gasteiger charge is 2.57. The Morgan fingerprint density at radius 3 is 2.06 bits per heavy atom. The van der Waals surface area contributed by atoms with Crippen LogP contribution in [-0.2, 0) is 4.79 Å². The average molecular weight is 659 g/mol. The van der Waals surface area contributed by atoms with Gasteiger partial charge in [-0.3, -0.25) is 24.3 Å². The van der Waals surface area contributed by atoms with Crippen LogP contribution in [0.3, 0.4) is 0 Å². The molecule has 6 aliphatic rings. The summed E-state index contributed by atoms with van der Waals surface area (Å²) in [5, 5.41) is 11.2. The second-order valence-electron chi connectivity index (χ2n) is 14.4. The third-order valence-corrected chi connectivity index (χ3v) is 11.3. The van der Waals surface area contributed by atoms with Crippen LogP contribution in [0.25, 0.3) is 0 Å². The molecule has 2 aromatic rings. The lowest BCUT2D eigenvalue weighted by Gasteiger charge is -2.29. The lowest BCUT2D eigenvalue weighted by Crippen LogP contribution is -2.48. The van der Waals surface area contributed by atoms with E-state index < -0.39 is 12.3 Å². The van der Waals surface area contributed by atoms with Crippen LogP contribution in [0.1, 0.15) is 78.5 Å². The van der Waals surface area contributed by atoms with Gasteiger partial charge in [-0.2, -0.15) is 0 Å². The number of fused-ring (bicyclic) bond motifs is 4. The van der Waals surface area contributed by atoms with Crippen LogP contribution in [0.5, 0.6) is 23.0 Å². The Balaban J connectivity index is 0.875. The maximum absolute atomic E-state index is 13.6. The van der Waals surface area contributed by atoms with E-state index in [0.29, 0.717) is 83.5 Å². The second-order valence-corrected chi connectivity index (χ2v) is 14.4. The van der Waals surface area contributed by atoms with Crippen molar-refractivity contribution in [2.24, 2.45) is 15.8 Å². The van der Waals surface area contributed by atoms with E-state index in [0.717, 1.165) is 45.1 Å². The smallest absolute Gasteiger partial charge is 0.256 e. The average Bonchev–Trinajstić information content (AvgIpc) is 3.97. The number of ether oxygens (including phenoxy) is 4. The predicted octanol–water partition coefficient (Wildman–Crippen LogP) is 4.33. The molecule has 0 bridgehead atoms. The van der Waals surface area contributed by atoms with Gasteiger partial charge in [0.05, 0.1) is 62.0 Å². The largest absolute Gasteiger partial charge is 0.493 e. The quantitative estimate of drug-likeness (QED) is 0.279. The number of rotatable bonds is 11. The van der Waals surface area contributed by atoms with E-state index in [1.807, 2.05) is 11.1 Å². The van der Waals surface area contributed by atoms with Crippen molar-refractivity contribution in [1.29, 1.82) is 0 Å². The van der Waals surface area contributed by atoms with Crippen molar-refractivity contribution in [2.45, 2.75) is 76.1 Å². The fourth-order valence-electron chi connectivity index (χ4n) is 8.09. The molecular formula is C36H42N4O8. The number of nitrogens with zero attached hydrogens (tertiary/aromatic N) is 4. The third kappa shape index (κ3) is 5.24. The van der Waals surface area contributed by atoms with E-state index in [1.165, 1.54) is 24.9 Å². The molecule has 254 valence electrons. The second kappa shape index (κ2) is 11.7. The molecule has 2 saturated carbocycles. The number of hydrogen-bond acceptors (Lipinski definition) is 9. The van der Waals surface area contributed by atoms with Crippen molar-refractivity contribution in [2.75, 3.05) is 45.4 Å². The van der Waals surface area contributed by atoms with Crippen LogP contribution in [0.15, 0.2) is 29.3 Å². The lowest BCUT2D eigenvalue weighted by molar-refractivity contribution is -0.109. The van der Waals surface area contributed by atoms with Gasteiger partial charge in [-0.15, -0.1) is 0 Å². The van der Waals surface area contributed by atoms with Gasteiger partial charge < -0.3 is 33.9 Å². The molecule has 2 aromatic carbocycles. The number of benzene rings is 2. The topological polar surface area (TPSA) is 130 Å². The highest BCUT2D eigenvalue weighted by molar-refractivity contribution is 6.05. The molecule has 1 N–H and O–H groups in total. The molecule has 4 aliphatic heterocycles. The van der Waals surface area contributed by atoms with Crippen LogP contribution < -0.4 is 23.8 Å². The zero-order valence-corrected chi connectivity index (χ0v) is 27.5. The standard InChI is InChI=1S/C36H42N4O8/c1-45-28-12-23-25(37-18-22-16-35(6-7-35)19-38(22)32(23)42)14-30(28)47-10-4-3-5-11-48-31-15-26-24(13-29(31)46-2)33(43)39-20-36(8-9-36)17-27(39)34(44)40(26)21-41/h12-15,18,21-22,27,34,44H,3-11,16-17,19-20H2,1-2H3/t22-,27-,34?/m0/s1. The van der Waals surface area contributed by atoms with Gasteiger partial charge in [0.2, 0.25) is 6.41 Å². The molecule has 1 unspecified atom stereocenters. The molecule has 12 heteroatoms. The van der Waals surface area contributed by atoms with Crippen LogP contribution in [0.2, 0.25) is 0 Å².